The summed E-state index contributed by atoms with van der Waals surface area (Å²) in [7, 11) is 0. The van der Waals surface area contributed by atoms with Crippen LogP contribution in [0, 0.1) is 5.92 Å². The van der Waals surface area contributed by atoms with Gasteiger partial charge in [0, 0.05) is 19.0 Å². The van der Waals surface area contributed by atoms with Crippen molar-refractivity contribution in [3.63, 3.8) is 0 Å². The first kappa shape index (κ1) is 9.04. The molecule has 74 valence electrons. The summed E-state index contributed by atoms with van der Waals surface area (Å²) in [4.78, 5) is 4.58. The van der Waals surface area contributed by atoms with Gasteiger partial charge in [-0.25, -0.2) is 0 Å². The van der Waals surface area contributed by atoms with E-state index < -0.39 is 0 Å². The van der Waals surface area contributed by atoms with E-state index in [0.29, 0.717) is 0 Å². The zero-order chi connectivity index (χ0) is 9.10. The molecule has 2 unspecified atom stereocenters. The van der Waals surface area contributed by atoms with Crippen molar-refractivity contribution >= 4 is 5.84 Å². The fourth-order valence-corrected chi connectivity index (χ4v) is 2.08. The van der Waals surface area contributed by atoms with Crippen LogP contribution in [-0.2, 0) is 0 Å². The first-order valence-corrected chi connectivity index (χ1v) is 5.70. The summed E-state index contributed by atoms with van der Waals surface area (Å²) in [5.41, 5.74) is 0. The summed E-state index contributed by atoms with van der Waals surface area (Å²) in [5.74, 6) is 2.23. The summed E-state index contributed by atoms with van der Waals surface area (Å²) in [6, 6.07) is 0.766. The van der Waals surface area contributed by atoms with Crippen LogP contribution in [-0.4, -0.2) is 18.4 Å². The van der Waals surface area contributed by atoms with Gasteiger partial charge < -0.3 is 5.32 Å². The molecule has 1 heterocycles. The number of rotatable bonds is 2. The van der Waals surface area contributed by atoms with E-state index in [1.807, 2.05) is 0 Å². The SMILES string of the molecule is CCC1CC1NC1=NCCCCC1. The molecule has 1 N–H and O–H groups in total. The Morgan fingerprint density at radius 3 is 3.08 bits per heavy atom. The predicted octanol–water partition coefficient (Wildman–Crippen LogP) is 2.35. The molecule has 0 aromatic heterocycles. The second kappa shape index (κ2) is 4.12. The molecule has 1 aliphatic carbocycles. The van der Waals surface area contributed by atoms with E-state index >= 15 is 0 Å². The van der Waals surface area contributed by atoms with Crippen molar-refractivity contribution in [2.45, 2.75) is 51.5 Å². The normalized spacial score (nSPS) is 33.5. The molecule has 2 aliphatic rings. The standard InChI is InChI=1S/C11H20N2/c1-2-9-8-10(9)13-11-6-4-3-5-7-12-11/h9-10H,2-8H2,1H3,(H,12,13). The predicted molar refractivity (Wildman–Crippen MR) is 56.1 cm³/mol. The first-order valence-electron chi connectivity index (χ1n) is 5.70. The van der Waals surface area contributed by atoms with Gasteiger partial charge in [-0.3, -0.25) is 4.99 Å². The highest BCUT2D eigenvalue weighted by Gasteiger charge is 2.35. The van der Waals surface area contributed by atoms with Crippen LogP contribution in [0.2, 0.25) is 0 Å². The van der Waals surface area contributed by atoms with Gasteiger partial charge in [0.1, 0.15) is 0 Å². The molecule has 13 heavy (non-hydrogen) atoms. The van der Waals surface area contributed by atoms with Crippen LogP contribution >= 0.6 is 0 Å². The average Bonchev–Trinajstić information content (AvgIpc) is 2.90. The van der Waals surface area contributed by atoms with Gasteiger partial charge in [-0.05, 0) is 25.2 Å². The smallest absolute Gasteiger partial charge is 0.0965 e. The van der Waals surface area contributed by atoms with Crippen LogP contribution in [0.1, 0.15) is 45.4 Å². The van der Waals surface area contributed by atoms with E-state index in [1.165, 1.54) is 44.4 Å². The molecule has 2 atom stereocenters. The van der Waals surface area contributed by atoms with E-state index in [9.17, 15) is 0 Å². The molecule has 0 bridgehead atoms. The van der Waals surface area contributed by atoms with Crippen molar-refractivity contribution in [3.8, 4) is 0 Å². The monoisotopic (exact) mass is 180 g/mol. The molecule has 0 aromatic rings. The number of hydrogen-bond acceptors (Lipinski definition) is 2. The van der Waals surface area contributed by atoms with Crippen molar-refractivity contribution in [1.29, 1.82) is 0 Å². The minimum Gasteiger partial charge on any atom is -0.371 e. The Balaban J connectivity index is 1.77. The Hall–Kier alpha value is -0.530. The lowest BCUT2D eigenvalue weighted by Crippen LogP contribution is -2.26. The minimum atomic E-state index is 0.766. The fourth-order valence-electron chi connectivity index (χ4n) is 2.08. The highest BCUT2D eigenvalue weighted by atomic mass is 15.1. The molecule has 0 spiro atoms. The summed E-state index contributed by atoms with van der Waals surface area (Å²) in [5, 5.41) is 3.58. The van der Waals surface area contributed by atoms with Gasteiger partial charge in [-0.15, -0.1) is 0 Å². The highest BCUT2D eigenvalue weighted by molar-refractivity contribution is 5.82. The van der Waals surface area contributed by atoms with Crippen molar-refractivity contribution < 1.29 is 0 Å². The summed E-state index contributed by atoms with van der Waals surface area (Å²) < 4.78 is 0. The molecular weight excluding hydrogens is 160 g/mol. The van der Waals surface area contributed by atoms with E-state index in [4.69, 9.17) is 0 Å². The van der Waals surface area contributed by atoms with Crippen LogP contribution in [0.15, 0.2) is 4.99 Å². The molecule has 0 amide bonds. The summed E-state index contributed by atoms with van der Waals surface area (Å²) in [6.07, 6.45) is 7.85. The minimum absolute atomic E-state index is 0.766. The van der Waals surface area contributed by atoms with Gasteiger partial charge in [-0.1, -0.05) is 19.8 Å². The van der Waals surface area contributed by atoms with Gasteiger partial charge in [0.05, 0.1) is 5.84 Å². The van der Waals surface area contributed by atoms with Crippen molar-refractivity contribution in [2.24, 2.45) is 10.9 Å². The molecule has 2 heteroatoms. The lowest BCUT2D eigenvalue weighted by molar-refractivity contribution is 0.708. The molecule has 1 fully saturated rings. The second-order valence-electron chi connectivity index (χ2n) is 4.29. The van der Waals surface area contributed by atoms with Crippen LogP contribution < -0.4 is 5.32 Å². The van der Waals surface area contributed by atoms with Crippen LogP contribution in [0.25, 0.3) is 0 Å². The van der Waals surface area contributed by atoms with Crippen molar-refractivity contribution in [1.82, 2.24) is 5.32 Å². The van der Waals surface area contributed by atoms with Gasteiger partial charge in [0.25, 0.3) is 0 Å². The highest BCUT2D eigenvalue weighted by Crippen LogP contribution is 2.33. The third-order valence-corrected chi connectivity index (χ3v) is 3.17. The molecule has 0 aromatic carbocycles. The molecule has 0 saturated heterocycles. The van der Waals surface area contributed by atoms with Gasteiger partial charge in [-0.2, -0.15) is 0 Å². The molecule has 1 aliphatic heterocycles. The fraction of sp³-hybridized carbons (Fsp3) is 0.909. The molecular formula is C11H20N2. The quantitative estimate of drug-likeness (QED) is 0.693. The van der Waals surface area contributed by atoms with E-state index in [0.717, 1.165) is 18.5 Å². The Morgan fingerprint density at radius 1 is 1.38 bits per heavy atom. The number of amidine groups is 1. The number of nitrogens with one attached hydrogen (secondary N) is 1. The average molecular weight is 180 g/mol. The third-order valence-electron chi connectivity index (χ3n) is 3.17. The zero-order valence-corrected chi connectivity index (χ0v) is 8.55. The zero-order valence-electron chi connectivity index (χ0n) is 8.55. The maximum atomic E-state index is 4.58. The Kier molecular flexibility index (Phi) is 2.87. The van der Waals surface area contributed by atoms with Crippen LogP contribution in [0.4, 0.5) is 0 Å². The summed E-state index contributed by atoms with van der Waals surface area (Å²) in [6.45, 7) is 3.33. The first-order chi connectivity index (χ1) is 6.40. The molecule has 1 saturated carbocycles. The molecule has 2 rings (SSSR count). The Bertz CT molecular complexity index is 198. The number of hydrogen-bond donors (Lipinski definition) is 1. The third kappa shape index (κ3) is 2.45. The maximum Gasteiger partial charge on any atom is 0.0965 e. The van der Waals surface area contributed by atoms with E-state index in [-0.39, 0.29) is 0 Å². The van der Waals surface area contributed by atoms with E-state index in [1.54, 1.807) is 0 Å². The molecule has 0 radical (unpaired) electrons. The van der Waals surface area contributed by atoms with Gasteiger partial charge in [0.15, 0.2) is 0 Å². The molecule has 2 nitrogen and oxygen atoms in total. The van der Waals surface area contributed by atoms with Gasteiger partial charge in [0.2, 0.25) is 0 Å². The largest absolute Gasteiger partial charge is 0.371 e. The van der Waals surface area contributed by atoms with Crippen LogP contribution in [0.3, 0.4) is 0 Å². The number of aliphatic imine (C=N–C) groups is 1. The lowest BCUT2D eigenvalue weighted by Gasteiger charge is -2.06. The second-order valence-corrected chi connectivity index (χ2v) is 4.29. The van der Waals surface area contributed by atoms with Crippen molar-refractivity contribution in [3.05, 3.63) is 0 Å². The van der Waals surface area contributed by atoms with Crippen molar-refractivity contribution in [2.75, 3.05) is 6.54 Å². The van der Waals surface area contributed by atoms with Crippen LogP contribution in [0.5, 0.6) is 0 Å². The summed E-state index contributed by atoms with van der Waals surface area (Å²) >= 11 is 0. The topological polar surface area (TPSA) is 24.4 Å². The number of nitrogens with zero attached hydrogens (tertiary/aromatic N) is 1. The van der Waals surface area contributed by atoms with E-state index in [2.05, 4.69) is 17.2 Å². The Labute approximate surface area is 80.8 Å². The Morgan fingerprint density at radius 2 is 2.31 bits per heavy atom. The maximum absolute atomic E-state index is 4.58. The lowest BCUT2D eigenvalue weighted by atomic mass is 10.2. The van der Waals surface area contributed by atoms with Gasteiger partial charge >= 0.3 is 0 Å².